The number of allylic oxidation sites excluding steroid dienone is 1. The molecule has 11 heteroatoms. The van der Waals surface area contributed by atoms with Crippen LogP contribution in [-0.4, -0.2) is 81.1 Å². The van der Waals surface area contributed by atoms with Crippen molar-refractivity contribution in [2.24, 2.45) is 5.92 Å². The van der Waals surface area contributed by atoms with Crippen LogP contribution in [0.3, 0.4) is 0 Å². The molecule has 0 aromatic heterocycles. The second kappa shape index (κ2) is 23.0. The number of benzene rings is 3. The van der Waals surface area contributed by atoms with Gasteiger partial charge in [-0.3, -0.25) is 14.4 Å². The zero-order chi connectivity index (χ0) is 39.6. The summed E-state index contributed by atoms with van der Waals surface area (Å²) in [6.45, 7) is 13.4. The maximum atomic E-state index is 11.6. The molecule has 0 aliphatic carbocycles. The van der Waals surface area contributed by atoms with Crippen LogP contribution in [-0.2, 0) is 26.3 Å². The fourth-order valence-electron chi connectivity index (χ4n) is 6.12. The van der Waals surface area contributed by atoms with Crippen molar-refractivity contribution in [3.8, 4) is 11.8 Å². The van der Waals surface area contributed by atoms with E-state index in [9.17, 15) is 14.4 Å². The number of thiol groups is 1. The third kappa shape index (κ3) is 13.8. The van der Waals surface area contributed by atoms with Gasteiger partial charge >= 0.3 is 11.8 Å². The van der Waals surface area contributed by atoms with Crippen molar-refractivity contribution in [2.75, 3.05) is 58.5 Å². The molecule has 0 bridgehead atoms. The van der Waals surface area contributed by atoms with Crippen molar-refractivity contribution >= 4 is 59.2 Å². The lowest BCUT2D eigenvalue weighted by Crippen LogP contribution is -2.53. The van der Waals surface area contributed by atoms with Crippen LogP contribution < -0.4 is 15.5 Å². The van der Waals surface area contributed by atoms with Crippen LogP contribution in [0.1, 0.15) is 56.7 Å². The topological polar surface area (TPSA) is 85.0 Å². The van der Waals surface area contributed by atoms with Gasteiger partial charge < -0.3 is 25.3 Å². The van der Waals surface area contributed by atoms with E-state index in [0.717, 1.165) is 62.3 Å². The Bertz CT molecular complexity index is 1700. The van der Waals surface area contributed by atoms with Crippen LogP contribution in [0, 0.1) is 17.8 Å². The van der Waals surface area contributed by atoms with Gasteiger partial charge in [0.2, 0.25) is 5.91 Å². The molecule has 3 aromatic carbocycles. The number of rotatable bonds is 5. The smallest absolute Gasteiger partial charge is 0.316 e. The highest BCUT2D eigenvalue weighted by atomic mass is 35.5. The van der Waals surface area contributed by atoms with Crippen LogP contribution in [0.25, 0.3) is 0 Å². The molecule has 2 N–H and O–H groups in total. The molecule has 3 aromatic rings. The van der Waals surface area contributed by atoms with E-state index in [0.29, 0.717) is 16.6 Å². The molecule has 286 valence electrons. The lowest BCUT2D eigenvalue weighted by Gasteiger charge is -2.47. The lowest BCUT2D eigenvalue weighted by molar-refractivity contribution is -0.137. The van der Waals surface area contributed by atoms with Crippen LogP contribution in [0.15, 0.2) is 85.1 Å². The molecule has 1 fully saturated rings. The summed E-state index contributed by atoms with van der Waals surface area (Å²) in [6, 6.07) is 23.4. The Morgan fingerprint density at radius 3 is 2.15 bits per heavy atom. The summed E-state index contributed by atoms with van der Waals surface area (Å²) in [5.41, 5.74) is 5.71. The Balaban J connectivity index is 0.000000326. The molecule has 5 rings (SSSR count). The van der Waals surface area contributed by atoms with Gasteiger partial charge in [-0.25, -0.2) is 0 Å². The number of likely N-dealkylation sites (N-methyl/N-ethyl adjacent to an activating group) is 2. The van der Waals surface area contributed by atoms with Gasteiger partial charge in [0.05, 0.1) is 15.6 Å². The Labute approximate surface area is 332 Å². The summed E-state index contributed by atoms with van der Waals surface area (Å²) < 4.78 is 0. The number of piperidine rings is 1. The third-order valence-corrected chi connectivity index (χ3v) is 9.49. The second-order valence-corrected chi connectivity index (χ2v) is 13.8. The average molecular weight is 781 g/mol. The molecular weight excluding hydrogens is 725 g/mol. The highest BCUT2D eigenvalue weighted by molar-refractivity contribution is 7.79. The monoisotopic (exact) mass is 779 g/mol. The molecule has 2 aliphatic rings. The first kappa shape index (κ1) is 45.2. The number of amides is 3. The predicted molar refractivity (Wildman–Crippen MR) is 225 cm³/mol. The Morgan fingerprint density at radius 2 is 1.60 bits per heavy atom. The maximum Gasteiger partial charge on any atom is 0.316 e. The minimum atomic E-state index is -0.597. The number of para-hydroxylation sites is 1. The molecule has 2 aliphatic heterocycles. The van der Waals surface area contributed by atoms with E-state index in [1.54, 1.807) is 43.5 Å². The highest BCUT2D eigenvalue weighted by Crippen LogP contribution is 2.39. The molecule has 0 atom stereocenters. The standard InChI is InChI=1S/C24H24Cl2N2.C11H14N2O2.C6H13NO.CH4S/c1-18-16-20-7-2-3-8-21(20)24(27-18)11-14-28(15-12-24)13-5-4-6-19-9-10-22(25)23(26)17-19;1-3-13(11(15)10(14)12-2)9-7-5-4-6-8-9;1-5(2)6(8)7(3)4;1-2/h2-3,7-10,17,27H,1,5,11-16H2;4-8H,3H2,1-2H3,(H,12,14);5H,1-4H3;2H,1H3. The number of carbonyl (C=O) groups excluding carboxylic acids is 3. The lowest BCUT2D eigenvalue weighted by atomic mass is 9.75. The van der Waals surface area contributed by atoms with Crippen molar-refractivity contribution < 1.29 is 14.4 Å². The molecular formula is C42H55Cl2N5O3S. The van der Waals surface area contributed by atoms with Crippen LogP contribution in [0.2, 0.25) is 10.0 Å². The van der Waals surface area contributed by atoms with Crippen molar-refractivity contribution in [1.29, 1.82) is 0 Å². The quantitative estimate of drug-likeness (QED) is 0.143. The van der Waals surface area contributed by atoms with E-state index < -0.39 is 11.8 Å². The maximum absolute atomic E-state index is 11.6. The molecule has 53 heavy (non-hydrogen) atoms. The minimum absolute atomic E-state index is 0.0498. The number of fused-ring (bicyclic) bond motifs is 2. The summed E-state index contributed by atoms with van der Waals surface area (Å²) in [5.74, 6) is 5.63. The first-order valence-electron chi connectivity index (χ1n) is 17.8. The van der Waals surface area contributed by atoms with Gasteiger partial charge in [0.1, 0.15) is 0 Å². The van der Waals surface area contributed by atoms with Crippen molar-refractivity contribution in [3.05, 3.63) is 112 Å². The summed E-state index contributed by atoms with van der Waals surface area (Å²) in [6.07, 6.45) is 5.68. The molecule has 2 heterocycles. The van der Waals surface area contributed by atoms with Gasteiger partial charge in [-0.05, 0) is 67.5 Å². The van der Waals surface area contributed by atoms with Gasteiger partial charge in [-0.15, -0.1) is 0 Å². The number of likely N-dealkylation sites (tertiary alicyclic amines) is 1. The van der Waals surface area contributed by atoms with E-state index in [1.807, 2.05) is 51.1 Å². The molecule has 1 spiro atoms. The summed E-state index contributed by atoms with van der Waals surface area (Å²) in [5, 5.41) is 7.17. The summed E-state index contributed by atoms with van der Waals surface area (Å²) in [4.78, 5) is 39.1. The molecule has 0 saturated carbocycles. The van der Waals surface area contributed by atoms with E-state index in [1.165, 1.54) is 23.1 Å². The summed E-state index contributed by atoms with van der Waals surface area (Å²) in [7, 11) is 4.98. The number of carbonyl (C=O) groups is 3. The van der Waals surface area contributed by atoms with Gasteiger partial charge in [0, 0.05) is 83.0 Å². The van der Waals surface area contributed by atoms with Crippen LogP contribution in [0.5, 0.6) is 0 Å². The van der Waals surface area contributed by atoms with Crippen LogP contribution >= 0.6 is 35.8 Å². The molecule has 0 unspecified atom stereocenters. The number of anilines is 1. The number of nitrogens with zero attached hydrogens (tertiary/aromatic N) is 3. The van der Waals surface area contributed by atoms with Gasteiger partial charge in [0.15, 0.2) is 0 Å². The number of nitrogens with one attached hydrogen (secondary N) is 2. The molecule has 8 nitrogen and oxygen atoms in total. The number of halogens is 2. The number of hydrogen-bond acceptors (Lipinski definition) is 6. The van der Waals surface area contributed by atoms with Crippen molar-refractivity contribution in [2.45, 2.75) is 52.0 Å². The zero-order valence-corrected chi connectivity index (χ0v) is 34.5. The Hall–Kier alpha value is -3.94. The van der Waals surface area contributed by atoms with Gasteiger partial charge in [0.25, 0.3) is 0 Å². The van der Waals surface area contributed by atoms with Gasteiger partial charge in [-0.2, -0.15) is 12.6 Å². The predicted octanol–water partition coefficient (Wildman–Crippen LogP) is 7.45. The Kier molecular flexibility index (Phi) is 19.6. The van der Waals surface area contributed by atoms with E-state index >= 15 is 0 Å². The zero-order valence-electron chi connectivity index (χ0n) is 32.1. The first-order chi connectivity index (χ1) is 25.3. The fraction of sp³-hybridized carbons (Fsp3) is 0.405. The average Bonchev–Trinajstić information content (AvgIpc) is 3.16. The first-order valence-corrected chi connectivity index (χ1v) is 19.4. The van der Waals surface area contributed by atoms with E-state index in [4.69, 9.17) is 23.2 Å². The fourth-order valence-corrected chi connectivity index (χ4v) is 6.42. The minimum Gasteiger partial charge on any atom is -0.379 e. The van der Waals surface area contributed by atoms with Crippen LogP contribution in [0.4, 0.5) is 5.69 Å². The number of hydrogen-bond donors (Lipinski definition) is 3. The Morgan fingerprint density at radius 1 is 0.981 bits per heavy atom. The van der Waals surface area contributed by atoms with Gasteiger partial charge in [-0.1, -0.05) is 97.9 Å². The molecule has 0 radical (unpaired) electrons. The van der Waals surface area contributed by atoms with E-state index in [-0.39, 0.29) is 17.4 Å². The second-order valence-electron chi connectivity index (χ2n) is 13.0. The largest absolute Gasteiger partial charge is 0.379 e. The highest BCUT2D eigenvalue weighted by Gasteiger charge is 2.39. The summed E-state index contributed by atoms with van der Waals surface area (Å²) >= 11 is 15.5. The van der Waals surface area contributed by atoms with E-state index in [2.05, 4.69) is 70.8 Å². The molecule has 1 saturated heterocycles. The van der Waals surface area contributed by atoms with Crippen molar-refractivity contribution in [1.82, 2.24) is 20.4 Å². The third-order valence-electron chi connectivity index (χ3n) is 8.75. The normalized spacial score (nSPS) is 13.8. The van der Waals surface area contributed by atoms with Crippen molar-refractivity contribution in [3.63, 3.8) is 0 Å². The SMILES string of the molecule is C=C1Cc2ccccc2C2(CCN(CCC#Cc3ccc(Cl)c(Cl)c3)CC2)N1.CC(C)C(=O)N(C)C.CCN(C(=O)C(=O)NC)c1ccccc1.CS. The molecule has 3 amide bonds.